The van der Waals surface area contributed by atoms with E-state index in [9.17, 15) is 9.59 Å². The first-order chi connectivity index (χ1) is 15.0. The number of aromatic nitrogens is 2. The van der Waals surface area contributed by atoms with Crippen molar-refractivity contribution in [3.63, 3.8) is 0 Å². The molecule has 0 aliphatic rings. The molecule has 2 N–H and O–H groups in total. The van der Waals surface area contributed by atoms with Crippen LogP contribution in [0.1, 0.15) is 16.1 Å². The molecular weight excluding hydrogens is 436 g/mol. The number of benzene rings is 2. The van der Waals surface area contributed by atoms with Gasteiger partial charge in [0.05, 0.1) is 24.1 Å². The molecule has 2 amide bonds. The first kappa shape index (κ1) is 20.6. The molecule has 0 fully saturated rings. The van der Waals surface area contributed by atoms with Gasteiger partial charge in [-0.15, -0.1) is 11.3 Å². The van der Waals surface area contributed by atoms with Crippen molar-refractivity contribution in [2.45, 2.75) is 0 Å². The molecule has 2 heterocycles. The van der Waals surface area contributed by atoms with Crippen molar-refractivity contribution >= 4 is 57.2 Å². The molecule has 0 unspecified atom stereocenters. The molecule has 9 heteroatoms. The van der Waals surface area contributed by atoms with Crippen LogP contribution < -0.4 is 15.4 Å². The molecule has 0 bridgehead atoms. The smallest absolute Gasteiger partial charge is 0.257 e. The van der Waals surface area contributed by atoms with Crippen molar-refractivity contribution in [3.05, 3.63) is 82.6 Å². The van der Waals surface area contributed by atoms with Crippen LogP contribution in [0.2, 0.25) is 5.15 Å². The molecule has 0 aliphatic heterocycles. The van der Waals surface area contributed by atoms with Gasteiger partial charge in [-0.3, -0.25) is 14.0 Å². The summed E-state index contributed by atoms with van der Waals surface area (Å²) in [7, 11) is 1.56. The minimum absolute atomic E-state index is 0.314. The second-order valence-corrected chi connectivity index (χ2v) is 7.63. The summed E-state index contributed by atoms with van der Waals surface area (Å²) in [5.41, 5.74) is 1.91. The number of hydrogen-bond acceptors (Lipinski definition) is 5. The summed E-state index contributed by atoms with van der Waals surface area (Å²) in [6, 6.07) is 13.8. The molecule has 2 aromatic heterocycles. The zero-order chi connectivity index (χ0) is 21.8. The summed E-state index contributed by atoms with van der Waals surface area (Å²) >= 11 is 7.60. The quantitative estimate of drug-likeness (QED) is 0.405. The normalized spacial score (nSPS) is 11.0. The number of hydrogen-bond donors (Lipinski definition) is 2. The summed E-state index contributed by atoms with van der Waals surface area (Å²) in [6.45, 7) is 0. The molecule has 156 valence electrons. The fourth-order valence-electron chi connectivity index (χ4n) is 2.94. The van der Waals surface area contributed by atoms with Crippen LogP contribution in [-0.2, 0) is 4.79 Å². The monoisotopic (exact) mass is 452 g/mol. The predicted molar refractivity (Wildman–Crippen MR) is 123 cm³/mol. The Morgan fingerprint density at radius 2 is 2.00 bits per heavy atom. The van der Waals surface area contributed by atoms with Crippen LogP contribution in [0.25, 0.3) is 11.0 Å². The summed E-state index contributed by atoms with van der Waals surface area (Å²) in [5, 5.41) is 7.75. The number of methoxy groups -OCH3 is 1. The number of halogens is 1. The Hall–Kier alpha value is -3.62. The zero-order valence-electron chi connectivity index (χ0n) is 16.3. The molecule has 4 rings (SSSR count). The number of nitrogens with zero attached hydrogens (tertiary/aromatic N) is 2. The van der Waals surface area contributed by atoms with E-state index in [1.165, 1.54) is 17.4 Å². The van der Waals surface area contributed by atoms with Gasteiger partial charge in [0.15, 0.2) is 10.1 Å². The van der Waals surface area contributed by atoms with Gasteiger partial charge in [0.1, 0.15) is 5.75 Å². The summed E-state index contributed by atoms with van der Waals surface area (Å²) in [4.78, 5) is 30.2. The molecular formula is C22H17ClN4O3S. The summed E-state index contributed by atoms with van der Waals surface area (Å²) in [6.07, 6.45) is 4.77. The fraction of sp³-hybridized carbons (Fsp3) is 0.0455. The van der Waals surface area contributed by atoms with Crippen molar-refractivity contribution in [1.29, 1.82) is 0 Å². The highest BCUT2D eigenvalue weighted by molar-refractivity contribution is 7.15. The number of ether oxygens (including phenoxy) is 1. The van der Waals surface area contributed by atoms with E-state index in [0.717, 1.165) is 4.96 Å². The lowest BCUT2D eigenvalue weighted by molar-refractivity contribution is -0.111. The number of fused-ring (bicyclic) bond motifs is 1. The Balaban J connectivity index is 1.50. The molecule has 0 radical (unpaired) electrons. The maximum Gasteiger partial charge on any atom is 0.257 e. The Morgan fingerprint density at radius 3 is 2.84 bits per heavy atom. The lowest BCUT2D eigenvalue weighted by Crippen LogP contribution is -2.17. The lowest BCUT2D eigenvalue weighted by Gasteiger charge is -2.11. The van der Waals surface area contributed by atoms with Gasteiger partial charge in [0.2, 0.25) is 5.91 Å². The van der Waals surface area contributed by atoms with Crippen molar-refractivity contribution in [2.24, 2.45) is 0 Å². The second kappa shape index (κ2) is 9.03. The van der Waals surface area contributed by atoms with Crippen molar-refractivity contribution in [2.75, 3.05) is 17.7 Å². The highest BCUT2D eigenvalue weighted by atomic mass is 35.5. The van der Waals surface area contributed by atoms with Gasteiger partial charge in [-0.2, -0.15) is 0 Å². The SMILES string of the molecule is COc1cccc(NC(=O)c2ccccc2NC(=O)/C=C/c2c(Cl)nc3sccn23)c1. The Morgan fingerprint density at radius 1 is 1.16 bits per heavy atom. The van der Waals surface area contributed by atoms with E-state index in [1.54, 1.807) is 66.1 Å². The van der Waals surface area contributed by atoms with Crippen LogP contribution in [0.3, 0.4) is 0 Å². The second-order valence-electron chi connectivity index (χ2n) is 6.40. The van der Waals surface area contributed by atoms with Crippen molar-refractivity contribution < 1.29 is 14.3 Å². The molecule has 0 atom stereocenters. The average Bonchev–Trinajstić information content (AvgIpc) is 3.33. The predicted octanol–water partition coefficient (Wildman–Crippen LogP) is 4.96. The van der Waals surface area contributed by atoms with E-state index >= 15 is 0 Å². The van der Waals surface area contributed by atoms with Gasteiger partial charge in [0, 0.05) is 29.4 Å². The Labute approximate surface area is 186 Å². The number of thiazole rings is 1. The van der Waals surface area contributed by atoms with Gasteiger partial charge in [-0.25, -0.2) is 4.98 Å². The molecule has 7 nitrogen and oxygen atoms in total. The average molecular weight is 453 g/mol. The third kappa shape index (κ3) is 4.60. The van der Waals surface area contributed by atoms with E-state index in [0.29, 0.717) is 33.5 Å². The van der Waals surface area contributed by atoms with Gasteiger partial charge in [-0.05, 0) is 30.3 Å². The number of para-hydroxylation sites is 1. The van der Waals surface area contributed by atoms with Gasteiger partial charge in [0.25, 0.3) is 5.91 Å². The summed E-state index contributed by atoms with van der Waals surface area (Å²) < 4.78 is 6.97. The fourth-order valence-corrected chi connectivity index (χ4v) is 3.95. The van der Waals surface area contributed by atoms with Crippen LogP contribution in [0.15, 0.2) is 66.2 Å². The third-order valence-corrected chi connectivity index (χ3v) is 5.44. The van der Waals surface area contributed by atoms with Crippen LogP contribution >= 0.6 is 22.9 Å². The van der Waals surface area contributed by atoms with E-state index in [4.69, 9.17) is 16.3 Å². The number of nitrogens with one attached hydrogen (secondary N) is 2. The molecule has 0 saturated carbocycles. The van der Waals surface area contributed by atoms with Gasteiger partial charge < -0.3 is 15.4 Å². The topological polar surface area (TPSA) is 84.7 Å². The number of rotatable bonds is 6. The largest absolute Gasteiger partial charge is 0.497 e. The molecule has 31 heavy (non-hydrogen) atoms. The van der Waals surface area contributed by atoms with Crippen molar-refractivity contribution in [1.82, 2.24) is 9.38 Å². The summed E-state index contributed by atoms with van der Waals surface area (Å²) in [5.74, 6) is -0.127. The van der Waals surface area contributed by atoms with Crippen LogP contribution in [0.4, 0.5) is 11.4 Å². The van der Waals surface area contributed by atoms with E-state index < -0.39 is 5.91 Å². The Bertz CT molecular complexity index is 1290. The standard InChI is InChI=1S/C22H17ClN4O3S/c1-30-15-6-4-5-14(13-15)24-21(29)16-7-2-3-8-17(16)25-19(28)10-9-18-20(23)26-22-27(18)11-12-31-22/h2-13H,1H3,(H,24,29)(H,25,28)/b10-9+. The first-order valence-electron chi connectivity index (χ1n) is 9.19. The van der Waals surface area contributed by atoms with Crippen LogP contribution in [0, 0.1) is 0 Å². The van der Waals surface area contributed by atoms with Gasteiger partial charge >= 0.3 is 0 Å². The molecule has 4 aromatic rings. The minimum atomic E-state index is -0.400. The molecule has 0 saturated heterocycles. The number of amides is 2. The van der Waals surface area contributed by atoms with Crippen molar-refractivity contribution in [3.8, 4) is 5.75 Å². The van der Waals surface area contributed by atoms with E-state index in [2.05, 4.69) is 15.6 Å². The minimum Gasteiger partial charge on any atom is -0.497 e. The molecule has 2 aromatic carbocycles. The maximum absolute atomic E-state index is 12.8. The van der Waals surface area contributed by atoms with Crippen LogP contribution in [-0.4, -0.2) is 28.3 Å². The molecule has 0 spiro atoms. The van der Waals surface area contributed by atoms with E-state index in [-0.39, 0.29) is 5.91 Å². The van der Waals surface area contributed by atoms with Crippen LogP contribution in [0.5, 0.6) is 5.75 Å². The molecule has 0 aliphatic carbocycles. The maximum atomic E-state index is 12.8. The number of anilines is 2. The highest BCUT2D eigenvalue weighted by Gasteiger charge is 2.14. The Kier molecular flexibility index (Phi) is 6.01. The lowest BCUT2D eigenvalue weighted by atomic mass is 10.1. The highest BCUT2D eigenvalue weighted by Crippen LogP contribution is 2.23. The number of imidazole rings is 1. The number of carbonyl (C=O) groups excluding carboxylic acids is 2. The first-order valence-corrected chi connectivity index (χ1v) is 10.5. The number of carbonyl (C=O) groups is 2. The zero-order valence-corrected chi connectivity index (χ0v) is 17.9. The third-order valence-electron chi connectivity index (χ3n) is 4.40. The van der Waals surface area contributed by atoms with Gasteiger partial charge in [-0.1, -0.05) is 29.8 Å². The van der Waals surface area contributed by atoms with E-state index in [1.807, 2.05) is 11.6 Å².